The molecule has 7 heteroatoms. The van der Waals surface area contributed by atoms with Gasteiger partial charge >= 0.3 is 0 Å². The number of aliphatic hydroxyl groups is 1. The highest BCUT2D eigenvalue weighted by Crippen LogP contribution is 2.40. The molecule has 0 unspecified atom stereocenters. The highest BCUT2D eigenvalue weighted by atomic mass is 19.1. The lowest BCUT2D eigenvalue weighted by Gasteiger charge is -2.26. The van der Waals surface area contributed by atoms with E-state index in [2.05, 4.69) is 0 Å². The molecule has 0 aromatic heterocycles. The monoisotopic (exact) mass is 400 g/mol. The van der Waals surface area contributed by atoms with Gasteiger partial charge in [-0.05, 0) is 57.4 Å². The Labute approximate surface area is 167 Å². The Morgan fingerprint density at radius 3 is 2.34 bits per heavy atom. The van der Waals surface area contributed by atoms with Gasteiger partial charge in [-0.2, -0.15) is 0 Å². The lowest BCUT2D eigenvalue weighted by atomic mass is 9.95. The van der Waals surface area contributed by atoms with Gasteiger partial charge in [0.2, 0.25) is 0 Å². The topological polar surface area (TPSA) is 60.9 Å². The van der Waals surface area contributed by atoms with Gasteiger partial charge in [-0.15, -0.1) is 0 Å². The van der Waals surface area contributed by atoms with E-state index >= 15 is 0 Å². The van der Waals surface area contributed by atoms with Gasteiger partial charge in [0.05, 0.1) is 11.6 Å². The number of hydrogen-bond acceptors (Lipinski definition) is 4. The molecule has 2 aromatic rings. The van der Waals surface area contributed by atoms with Crippen molar-refractivity contribution >= 4 is 17.4 Å². The second-order valence-electron chi connectivity index (χ2n) is 7.18. The molecule has 1 saturated heterocycles. The summed E-state index contributed by atoms with van der Waals surface area (Å²) in [5, 5.41) is 10.8. The van der Waals surface area contributed by atoms with Crippen LogP contribution in [0.25, 0.3) is 5.76 Å². The smallest absolute Gasteiger partial charge is 0.295 e. The fraction of sp³-hybridized carbons (Fsp3) is 0.273. The van der Waals surface area contributed by atoms with Crippen LogP contribution in [0.15, 0.2) is 54.1 Å². The van der Waals surface area contributed by atoms with Crippen molar-refractivity contribution < 1.29 is 23.5 Å². The molecule has 29 heavy (non-hydrogen) atoms. The molecule has 152 valence electrons. The lowest BCUT2D eigenvalue weighted by Crippen LogP contribution is -2.32. The van der Waals surface area contributed by atoms with Gasteiger partial charge in [-0.3, -0.25) is 9.59 Å². The highest BCUT2D eigenvalue weighted by molar-refractivity contribution is 6.46. The van der Waals surface area contributed by atoms with E-state index in [1.54, 1.807) is 6.07 Å². The number of carbonyl (C=O) groups is 2. The van der Waals surface area contributed by atoms with Crippen LogP contribution in [0.3, 0.4) is 0 Å². The Morgan fingerprint density at radius 2 is 1.72 bits per heavy atom. The van der Waals surface area contributed by atoms with E-state index in [1.807, 2.05) is 19.0 Å². The molecular weight excluding hydrogens is 378 g/mol. The van der Waals surface area contributed by atoms with Crippen molar-refractivity contribution in [3.05, 3.63) is 76.9 Å². The fourth-order valence-corrected chi connectivity index (χ4v) is 3.45. The first-order valence-electron chi connectivity index (χ1n) is 9.24. The van der Waals surface area contributed by atoms with Crippen molar-refractivity contribution in [2.24, 2.45) is 0 Å². The number of ketones is 1. The zero-order valence-corrected chi connectivity index (χ0v) is 16.2. The first-order chi connectivity index (χ1) is 13.8. The normalized spacial score (nSPS) is 18.7. The van der Waals surface area contributed by atoms with Gasteiger partial charge < -0.3 is 14.9 Å². The molecule has 3 rings (SSSR count). The minimum Gasteiger partial charge on any atom is -0.507 e. The molecule has 5 nitrogen and oxygen atoms in total. The molecule has 1 heterocycles. The maximum absolute atomic E-state index is 14.6. The molecule has 1 atom stereocenters. The summed E-state index contributed by atoms with van der Waals surface area (Å²) in [7, 11) is 3.77. The van der Waals surface area contributed by atoms with Crippen LogP contribution in [0.1, 0.15) is 23.6 Å². The summed E-state index contributed by atoms with van der Waals surface area (Å²) in [6.45, 7) is 0.896. The second-order valence-corrected chi connectivity index (χ2v) is 7.18. The average Bonchev–Trinajstić information content (AvgIpc) is 2.93. The Bertz CT molecular complexity index is 955. The van der Waals surface area contributed by atoms with Gasteiger partial charge in [0.25, 0.3) is 11.7 Å². The van der Waals surface area contributed by atoms with Crippen molar-refractivity contribution in [1.29, 1.82) is 0 Å². The highest BCUT2D eigenvalue weighted by Gasteiger charge is 2.46. The third-order valence-electron chi connectivity index (χ3n) is 4.86. The number of Topliss-reactive ketones (excluding diaryl/α,β-unsaturated/α-hetero) is 1. The predicted molar refractivity (Wildman–Crippen MR) is 105 cm³/mol. The van der Waals surface area contributed by atoms with Gasteiger partial charge in [-0.1, -0.05) is 18.2 Å². The minimum absolute atomic E-state index is 0.125. The predicted octanol–water partition coefficient (Wildman–Crippen LogP) is 3.34. The minimum atomic E-state index is -1.05. The number of halogens is 2. The van der Waals surface area contributed by atoms with E-state index in [1.165, 1.54) is 35.2 Å². The van der Waals surface area contributed by atoms with Crippen LogP contribution < -0.4 is 0 Å². The van der Waals surface area contributed by atoms with E-state index in [0.717, 1.165) is 12.1 Å². The molecule has 0 saturated carbocycles. The van der Waals surface area contributed by atoms with Crippen molar-refractivity contribution in [3.8, 4) is 0 Å². The Hall–Kier alpha value is -3.06. The third-order valence-corrected chi connectivity index (χ3v) is 4.86. The Morgan fingerprint density at radius 1 is 1.07 bits per heavy atom. The number of amides is 1. The molecule has 1 aliphatic heterocycles. The molecular formula is C22H22F2N2O3. The van der Waals surface area contributed by atoms with Gasteiger partial charge in [0.1, 0.15) is 17.4 Å². The summed E-state index contributed by atoms with van der Waals surface area (Å²) in [4.78, 5) is 28.7. The van der Waals surface area contributed by atoms with Crippen LogP contribution in [0.2, 0.25) is 0 Å². The molecule has 0 spiro atoms. The number of likely N-dealkylation sites (tertiary alicyclic amines) is 1. The quantitative estimate of drug-likeness (QED) is 0.459. The fourth-order valence-electron chi connectivity index (χ4n) is 3.45. The summed E-state index contributed by atoms with van der Waals surface area (Å²) in [6.07, 6.45) is 0.571. The van der Waals surface area contributed by atoms with Crippen LogP contribution in [0, 0.1) is 11.6 Å². The average molecular weight is 400 g/mol. The summed E-state index contributed by atoms with van der Waals surface area (Å²) in [5.41, 5.74) is 0.107. The molecule has 1 N–H and O–H groups in total. The van der Waals surface area contributed by atoms with Crippen LogP contribution in [0.4, 0.5) is 8.78 Å². The maximum Gasteiger partial charge on any atom is 0.295 e. The third kappa shape index (κ3) is 4.19. The first-order valence-corrected chi connectivity index (χ1v) is 9.24. The first kappa shape index (κ1) is 20.7. The lowest BCUT2D eigenvalue weighted by molar-refractivity contribution is -0.140. The number of hydrogen-bond donors (Lipinski definition) is 1. The Kier molecular flexibility index (Phi) is 6.08. The van der Waals surface area contributed by atoms with Crippen LogP contribution >= 0.6 is 0 Å². The van der Waals surface area contributed by atoms with Gasteiger partial charge in [0.15, 0.2) is 0 Å². The molecule has 0 radical (unpaired) electrons. The zero-order chi connectivity index (χ0) is 21.1. The Balaban J connectivity index is 2.11. The summed E-state index contributed by atoms with van der Waals surface area (Å²) in [6, 6.07) is 9.69. The molecule has 1 amide bonds. The number of rotatable bonds is 6. The van der Waals surface area contributed by atoms with Crippen LogP contribution in [0.5, 0.6) is 0 Å². The molecule has 0 aliphatic carbocycles. The van der Waals surface area contributed by atoms with Crippen molar-refractivity contribution in [2.75, 3.05) is 27.2 Å². The van der Waals surface area contributed by atoms with Gasteiger partial charge in [0, 0.05) is 17.7 Å². The number of aliphatic hydroxyl groups excluding tert-OH is 1. The largest absolute Gasteiger partial charge is 0.507 e. The number of benzene rings is 2. The molecule has 0 bridgehead atoms. The SMILES string of the molecule is CN(C)CCCN1C(=O)C(=O)/C(=C(/O)c2ccc(F)cc2)[C@@H]1c1ccccc1F. The standard InChI is InChI=1S/C22H22F2N2O3/c1-25(2)12-5-13-26-19(16-6-3-4-7-17(16)24)18(21(28)22(26)29)20(27)14-8-10-15(23)11-9-14/h3-4,6-11,19,27H,5,12-13H2,1-2H3/b20-18+/t19-/m0/s1. The summed E-state index contributed by atoms with van der Waals surface area (Å²) >= 11 is 0. The van der Waals surface area contributed by atoms with E-state index in [0.29, 0.717) is 13.0 Å². The molecule has 1 aliphatic rings. The van der Waals surface area contributed by atoms with Crippen LogP contribution in [-0.2, 0) is 9.59 Å². The summed E-state index contributed by atoms with van der Waals surface area (Å²) < 4.78 is 27.8. The van der Waals surface area contributed by atoms with E-state index in [-0.39, 0.29) is 23.2 Å². The maximum atomic E-state index is 14.6. The molecule has 2 aromatic carbocycles. The zero-order valence-electron chi connectivity index (χ0n) is 16.2. The van der Waals surface area contributed by atoms with E-state index in [4.69, 9.17) is 0 Å². The van der Waals surface area contributed by atoms with Crippen molar-refractivity contribution in [2.45, 2.75) is 12.5 Å². The number of carbonyl (C=O) groups excluding carboxylic acids is 2. The number of nitrogens with zero attached hydrogens (tertiary/aromatic N) is 2. The second kappa shape index (κ2) is 8.53. The van der Waals surface area contributed by atoms with E-state index < -0.39 is 35.1 Å². The van der Waals surface area contributed by atoms with E-state index in [9.17, 15) is 23.5 Å². The molecule has 1 fully saturated rings. The summed E-state index contributed by atoms with van der Waals surface area (Å²) in [5.74, 6) is -3.21. The van der Waals surface area contributed by atoms with Gasteiger partial charge in [-0.25, -0.2) is 8.78 Å². The van der Waals surface area contributed by atoms with Crippen molar-refractivity contribution in [3.63, 3.8) is 0 Å². The van der Waals surface area contributed by atoms with Crippen LogP contribution in [-0.4, -0.2) is 53.8 Å². The van der Waals surface area contributed by atoms with Crippen molar-refractivity contribution in [1.82, 2.24) is 9.80 Å².